The highest BCUT2D eigenvalue weighted by Gasteiger charge is 2.28. The molecule has 1 aliphatic rings. The van der Waals surface area contributed by atoms with E-state index in [9.17, 15) is 9.59 Å². The molecule has 6 nitrogen and oxygen atoms in total. The second-order valence-electron chi connectivity index (χ2n) is 6.40. The van der Waals surface area contributed by atoms with Gasteiger partial charge in [-0.25, -0.2) is 4.98 Å². The molecule has 1 saturated carbocycles. The Balaban J connectivity index is 1.80. The molecule has 1 aliphatic carbocycles. The Kier molecular flexibility index (Phi) is 4.41. The third-order valence-electron chi connectivity index (χ3n) is 4.89. The first-order valence-corrected chi connectivity index (χ1v) is 8.12. The van der Waals surface area contributed by atoms with Gasteiger partial charge in [0.25, 0.3) is 5.56 Å². The first-order chi connectivity index (χ1) is 11.1. The lowest BCUT2D eigenvalue weighted by molar-refractivity contribution is -0.134. The van der Waals surface area contributed by atoms with Gasteiger partial charge in [0, 0.05) is 19.3 Å². The van der Waals surface area contributed by atoms with Gasteiger partial charge in [0.2, 0.25) is 5.91 Å². The van der Waals surface area contributed by atoms with Crippen LogP contribution in [0, 0.1) is 5.92 Å². The summed E-state index contributed by atoms with van der Waals surface area (Å²) in [6.07, 6.45) is 9.15. The van der Waals surface area contributed by atoms with Crippen LogP contribution in [0.1, 0.15) is 32.6 Å². The Bertz CT molecular complexity index is 771. The minimum atomic E-state index is -0.198. The first-order valence-electron chi connectivity index (χ1n) is 8.12. The maximum absolute atomic E-state index is 12.6. The molecule has 1 amide bonds. The fourth-order valence-electron chi connectivity index (χ4n) is 3.44. The largest absolute Gasteiger partial charge is 0.341 e. The quantitative estimate of drug-likeness (QED) is 0.867. The highest BCUT2D eigenvalue weighted by molar-refractivity contribution is 5.78. The van der Waals surface area contributed by atoms with Gasteiger partial charge in [0.1, 0.15) is 6.54 Å². The van der Waals surface area contributed by atoms with Crippen LogP contribution in [0.4, 0.5) is 0 Å². The maximum atomic E-state index is 12.6. The van der Waals surface area contributed by atoms with Crippen LogP contribution in [-0.2, 0) is 11.3 Å². The number of rotatable bonds is 3. The van der Waals surface area contributed by atoms with Crippen molar-refractivity contribution in [2.45, 2.75) is 45.2 Å². The van der Waals surface area contributed by atoms with Crippen LogP contribution in [0.3, 0.4) is 0 Å². The van der Waals surface area contributed by atoms with E-state index in [-0.39, 0.29) is 24.1 Å². The number of carbonyl (C=O) groups is 1. The topological polar surface area (TPSA) is 68.1 Å². The fraction of sp³-hybridized carbons (Fsp3) is 0.529. The summed E-state index contributed by atoms with van der Waals surface area (Å²) in [7, 11) is 1.85. The number of likely N-dealkylation sites (N-methyl/N-ethyl adjacent to an activating group) is 1. The number of carbonyl (C=O) groups excluding carboxylic acids is 1. The van der Waals surface area contributed by atoms with E-state index in [0.29, 0.717) is 16.8 Å². The van der Waals surface area contributed by atoms with Gasteiger partial charge >= 0.3 is 0 Å². The smallest absolute Gasteiger partial charge is 0.261 e. The van der Waals surface area contributed by atoms with Crippen molar-refractivity contribution in [1.82, 2.24) is 19.4 Å². The molecular formula is C17H22N4O2. The molecule has 0 N–H and O–H groups in total. The normalized spacial score (nSPS) is 21.3. The van der Waals surface area contributed by atoms with E-state index in [1.807, 2.05) is 11.9 Å². The summed E-state index contributed by atoms with van der Waals surface area (Å²) in [4.78, 5) is 35.0. The van der Waals surface area contributed by atoms with Crippen LogP contribution in [0.5, 0.6) is 0 Å². The van der Waals surface area contributed by atoms with Crippen LogP contribution in [0.15, 0.2) is 29.6 Å². The van der Waals surface area contributed by atoms with Gasteiger partial charge in [-0.15, -0.1) is 0 Å². The van der Waals surface area contributed by atoms with Crippen LogP contribution in [0.2, 0.25) is 0 Å². The summed E-state index contributed by atoms with van der Waals surface area (Å²) in [6.45, 7) is 2.23. The molecule has 2 heterocycles. The van der Waals surface area contributed by atoms with Crippen molar-refractivity contribution < 1.29 is 4.79 Å². The molecule has 0 aromatic carbocycles. The molecule has 0 aliphatic heterocycles. The number of fused-ring (bicyclic) bond motifs is 1. The number of pyridine rings is 1. The third kappa shape index (κ3) is 3.11. The summed E-state index contributed by atoms with van der Waals surface area (Å²) in [5.74, 6) is 0.469. The standard InChI is InChI=1S/C17H22N4O2/c1-12-5-3-4-6-15(12)20(2)16(22)10-21-11-19-14-9-18-8-7-13(14)17(21)23/h7-9,11-12,15H,3-6,10H2,1-2H3. The molecular weight excluding hydrogens is 292 g/mol. The van der Waals surface area contributed by atoms with E-state index >= 15 is 0 Å². The van der Waals surface area contributed by atoms with Crippen LogP contribution < -0.4 is 5.56 Å². The molecule has 2 unspecified atom stereocenters. The Morgan fingerprint density at radius 1 is 1.39 bits per heavy atom. The average molecular weight is 314 g/mol. The molecule has 23 heavy (non-hydrogen) atoms. The highest BCUT2D eigenvalue weighted by atomic mass is 16.2. The van der Waals surface area contributed by atoms with Gasteiger partial charge in [0.15, 0.2) is 0 Å². The lowest BCUT2D eigenvalue weighted by Gasteiger charge is -2.36. The summed E-state index contributed by atoms with van der Waals surface area (Å²) < 4.78 is 1.38. The number of aromatic nitrogens is 3. The first kappa shape index (κ1) is 15.6. The molecule has 0 spiro atoms. The average Bonchev–Trinajstić information content (AvgIpc) is 2.57. The number of hydrogen-bond donors (Lipinski definition) is 0. The molecule has 2 aromatic rings. The van der Waals surface area contributed by atoms with Gasteiger partial charge in [-0.2, -0.15) is 0 Å². The Morgan fingerprint density at radius 2 is 2.17 bits per heavy atom. The second-order valence-corrected chi connectivity index (χ2v) is 6.40. The summed E-state index contributed by atoms with van der Waals surface area (Å²) in [6, 6.07) is 1.91. The zero-order chi connectivity index (χ0) is 16.4. The molecule has 0 saturated heterocycles. The van der Waals surface area contributed by atoms with Gasteiger partial charge in [-0.3, -0.25) is 19.1 Å². The van der Waals surface area contributed by atoms with Crippen molar-refractivity contribution in [2.24, 2.45) is 5.92 Å². The third-order valence-corrected chi connectivity index (χ3v) is 4.89. The zero-order valence-corrected chi connectivity index (χ0v) is 13.6. The van der Waals surface area contributed by atoms with Crippen LogP contribution in [0.25, 0.3) is 10.9 Å². The Morgan fingerprint density at radius 3 is 2.96 bits per heavy atom. The van der Waals surface area contributed by atoms with Gasteiger partial charge < -0.3 is 4.90 Å². The monoisotopic (exact) mass is 314 g/mol. The van der Waals surface area contributed by atoms with E-state index < -0.39 is 0 Å². The molecule has 0 radical (unpaired) electrons. The predicted octanol–water partition coefficient (Wildman–Crippen LogP) is 1.83. The SMILES string of the molecule is CC1CCCCC1N(C)C(=O)Cn1cnc2cnccc2c1=O. The van der Waals surface area contributed by atoms with E-state index in [4.69, 9.17) is 0 Å². The van der Waals surface area contributed by atoms with Crippen molar-refractivity contribution >= 4 is 16.8 Å². The lowest BCUT2D eigenvalue weighted by atomic mass is 9.85. The summed E-state index contributed by atoms with van der Waals surface area (Å²) in [5.41, 5.74) is 0.353. The predicted molar refractivity (Wildman–Crippen MR) is 88.0 cm³/mol. The van der Waals surface area contributed by atoms with E-state index in [1.165, 1.54) is 17.3 Å². The van der Waals surface area contributed by atoms with E-state index in [0.717, 1.165) is 19.3 Å². The summed E-state index contributed by atoms with van der Waals surface area (Å²) in [5, 5.41) is 0.490. The molecule has 6 heteroatoms. The molecule has 3 rings (SSSR count). The van der Waals surface area contributed by atoms with Crippen molar-refractivity contribution in [3.63, 3.8) is 0 Å². The van der Waals surface area contributed by atoms with Crippen LogP contribution >= 0.6 is 0 Å². The lowest BCUT2D eigenvalue weighted by Crippen LogP contribution is -2.44. The maximum Gasteiger partial charge on any atom is 0.261 e. The summed E-state index contributed by atoms with van der Waals surface area (Å²) >= 11 is 0. The highest BCUT2D eigenvalue weighted by Crippen LogP contribution is 2.27. The number of amides is 1. The van der Waals surface area contributed by atoms with E-state index in [2.05, 4.69) is 16.9 Å². The minimum Gasteiger partial charge on any atom is -0.341 e. The van der Waals surface area contributed by atoms with E-state index in [1.54, 1.807) is 18.5 Å². The fourth-order valence-corrected chi connectivity index (χ4v) is 3.44. The number of hydrogen-bond acceptors (Lipinski definition) is 4. The van der Waals surface area contributed by atoms with Crippen molar-refractivity contribution in [2.75, 3.05) is 7.05 Å². The molecule has 0 bridgehead atoms. The van der Waals surface area contributed by atoms with Crippen LogP contribution in [-0.4, -0.2) is 38.4 Å². The van der Waals surface area contributed by atoms with Gasteiger partial charge in [-0.05, 0) is 24.8 Å². The van der Waals surface area contributed by atoms with Crippen molar-refractivity contribution in [1.29, 1.82) is 0 Å². The zero-order valence-electron chi connectivity index (χ0n) is 13.6. The molecule has 2 aromatic heterocycles. The van der Waals surface area contributed by atoms with Crippen molar-refractivity contribution in [3.8, 4) is 0 Å². The van der Waals surface area contributed by atoms with Gasteiger partial charge in [-0.1, -0.05) is 19.8 Å². The number of nitrogens with zero attached hydrogens (tertiary/aromatic N) is 4. The minimum absolute atomic E-state index is 0.0316. The molecule has 1 fully saturated rings. The molecule has 122 valence electrons. The second kappa shape index (κ2) is 6.48. The molecule has 2 atom stereocenters. The van der Waals surface area contributed by atoms with Crippen molar-refractivity contribution in [3.05, 3.63) is 35.1 Å². The van der Waals surface area contributed by atoms with Gasteiger partial charge in [0.05, 0.1) is 23.4 Å². The Labute approximate surface area is 135 Å². The Hall–Kier alpha value is -2.24.